The lowest BCUT2D eigenvalue weighted by Crippen LogP contribution is -2.50. The second-order valence-corrected chi connectivity index (χ2v) is 5.46. The van der Waals surface area contributed by atoms with E-state index in [0.717, 1.165) is 38.0 Å². The van der Waals surface area contributed by atoms with Crippen molar-refractivity contribution in [3.05, 3.63) is 29.8 Å². The van der Waals surface area contributed by atoms with Gasteiger partial charge in [-0.25, -0.2) is 0 Å². The zero-order chi connectivity index (χ0) is 14.8. The number of para-hydroxylation sites is 1. The van der Waals surface area contributed by atoms with Crippen molar-refractivity contribution < 1.29 is 9.84 Å². The van der Waals surface area contributed by atoms with E-state index in [1.54, 1.807) is 7.11 Å². The van der Waals surface area contributed by atoms with E-state index in [1.165, 1.54) is 5.56 Å². The predicted molar refractivity (Wildman–Crippen MR) is 83.1 cm³/mol. The Morgan fingerprint density at radius 1 is 1.25 bits per heavy atom. The van der Waals surface area contributed by atoms with Crippen molar-refractivity contribution in [1.29, 1.82) is 0 Å². The molecule has 0 spiro atoms. The molecular weight excluding hydrogens is 252 g/mol. The lowest BCUT2D eigenvalue weighted by Gasteiger charge is -2.30. The summed E-state index contributed by atoms with van der Waals surface area (Å²) >= 11 is 0. The van der Waals surface area contributed by atoms with Crippen LogP contribution in [0.15, 0.2) is 24.3 Å². The summed E-state index contributed by atoms with van der Waals surface area (Å²) in [7, 11) is 1.70. The Labute approximate surface area is 122 Å². The lowest BCUT2D eigenvalue weighted by atomic mass is 9.92. The van der Waals surface area contributed by atoms with Gasteiger partial charge in [0.25, 0.3) is 0 Å². The van der Waals surface area contributed by atoms with Crippen molar-refractivity contribution in [3.63, 3.8) is 0 Å². The number of hydrogen-bond donors (Lipinski definition) is 3. The molecule has 0 aromatic heterocycles. The molecule has 4 heteroatoms. The maximum absolute atomic E-state index is 8.77. The third-order valence-corrected chi connectivity index (χ3v) is 3.61. The van der Waals surface area contributed by atoms with Crippen LogP contribution in [0.2, 0.25) is 0 Å². The number of ether oxygens (including phenoxy) is 1. The molecule has 20 heavy (non-hydrogen) atoms. The molecular formula is C16H28N2O2. The number of hydrogen-bond acceptors (Lipinski definition) is 4. The first-order chi connectivity index (χ1) is 9.65. The minimum atomic E-state index is -0.131. The molecule has 4 nitrogen and oxygen atoms in total. The fraction of sp³-hybridized carbons (Fsp3) is 0.625. The van der Waals surface area contributed by atoms with E-state index < -0.39 is 0 Å². The summed E-state index contributed by atoms with van der Waals surface area (Å²) in [4.78, 5) is 0. The highest BCUT2D eigenvalue weighted by molar-refractivity contribution is 5.34. The van der Waals surface area contributed by atoms with Crippen LogP contribution in [0.25, 0.3) is 0 Å². The Hall–Kier alpha value is -1.10. The summed E-state index contributed by atoms with van der Waals surface area (Å²) in [6, 6.07) is 8.06. The van der Waals surface area contributed by atoms with Crippen LogP contribution in [0.4, 0.5) is 0 Å². The van der Waals surface area contributed by atoms with Crippen LogP contribution < -0.4 is 15.8 Å². The highest BCUT2D eigenvalue weighted by Crippen LogP contribution is 2.22. The second kappa shape index (κ2) is 8.95. The van der Waals surface area contributed by atoms with Crippen LogP contribution in [-0.2, 0) is 6.42 Å². The van der Waals surface area contributed by atoms with Gasteiger partial charge >= 0.3 is 0 Å². The SMILES string of the molecule is COc1ccccc1CC(C)(CN)NCCCCCO. The van der Waals surface area contributed by atoms with Gasteiger partial charge in [0.1, 0.15) is 5.75 Å². The van der Waals surface area contributed by atoms with Gasteiger partial charge in [0.15, 0.2) is 0 Å². The predicted octanol–water partition coefficient (Wildman–Crippen LogP) is 1.71. The third kappa shape index (κ3) is 5.49. The standard InChI is InChI=1S/C16H28N2O2/c1-16(13-17,18-10-6-3-7-11-19)12-14-8-4-5-9-15(14)20-2/h4-5,8-9,18-19H,3,6-7,10-13,17H2,1-2H3. The van der Waals surface area contributed by atoms with E-state index in [0.29, 0.717) is 6.54 Å². The van der Waals surface area contributed by atoms with E-state index in [1.807, 2.05) is 18.2 Å². The van der Waals surface area contributed by atoms with Crippen molar-refractivity contribution in [1.82, 2.24) is 5.32 Å². The molecule has 1 unspecified atom stereocenters. The van der Waals surface area contributed by atoms with Crippen molar-refractivity contribution in [2.75, 3.05) is 26.8 Å². The van der Waals surface area contributed by atoms with E-state index >= 15 is 0 Å². The summed E-state index contributed by atoms with van der Waals surface area (Å²) < 4.78 is 5.40. The first kappa shape index (κ1) is 17.0. The molecule has 4 N–H and O–H groups in total. The lowest BCUT2D eigenvalue weighted by molar-refractivity contribution is 0.280. The summed E-state index contributed by atoms with van der Waals surface area (Å²) in [6.07, 6.45) is 3.81. The van der Waals surface area contributed by atoms with Crippen LogP contribution >= 0.6 is 0 Å². The topological polar surface area (TPSA) is 67.5 Å². The highest BCUT2D eigenvalue weighted by atomic mass is 16.5. The molecule has 0 saturated heterocycles. The number of aliphatic hydroxyl groups excluding tert-OH is 1. The molecule has 114 valence electrons. The number of rotatable bonds is 10. The minimum Gasteiger partial charge on any atom is -0.496 e. The van der Waals surface area contributed by atoms with Crippen molar-refractivity contribution in [2.24, 2.45) is 5.73 Å². The quantitative estimate of drug-likeness (QED) is 0.571. The van der Waals surface area contributed by atoms with Gasteiger partial charge in [-0.15, -0.1) is 0 Å². The van der Waals surface area contributed by atoms with Crippen molar-refractivity contribution >= 4 is 0 Å². The Morgan fingerprint density at radius 3 is 2.65 bits per heavy atom. The first-order valence-corrected chi connectivity index (χ1v) is 7.33. The van der Waals surface area contributed by atoms with Crippen LogP contribution in [0.1, 0.15) is 31.7 Å². The highest BCUT2D eigenvalue weighted by Gasteiger charge is 2.23. The smallest absolute Gasteiger partial charge is 0.122 e. The molecule has 0 saturated carbocycles. The zero-order valence-corrected chi connectivity index (χ0v) is 12.7. The van der Waals surface area contributed by atoms with Crippen LogP contribution in [0.5, 0.6) is 5.75 Å². The summed E-state index contributed by atoms with van der Waals surface area (Å²) in [5, 5.41) is 12.3. The molecule has 0 bridgehead atoms. The fourth-order valence-electron chi connectivity index (χ4n) is 2.28. The summed E-state index contributed by atoms with van der Waals surface area (Å²) in [6.45, 7) is 3.91. The molecule has 0 aliphatic heterocycles. The van der Waals surface area contributed by atoms with Crippen LogP contribution in [-0.4, -0.2) is 37.5 Å². The Kier molecular flexibility index (Phi) is 7.59. The van der Waals surface area contributed by atoms with Crippen molar-refractivity contribution in [3.8, 4) is 5.75 Å². The van der Waals surface area contributed by atoms with Gasteiger partial charge in [-0.1, -0.05) is 18.2 Å². The normalized spacial score (nSPS) is 14.0. The second-order valence-electron chi connectivity index (χ2n) is 5.46. The summed E-state index contributed by atoms with van der Waals surface area (Å²) in [5.74, 6) is 0.911. The Bertz CT molecular complexity index is 384. The van der Waals surface area contributed by atoms with Gasteiger partial charge < -0.3 is 20.9 Å². The molecule has 1 aromatic rings. The molecule has 0 amide bonds. The average molecular weight is 280 g/mol. The van der Waals surface area contributed by atoms with E-state index in [-0.39, 0.29) is 12.1 Å². The summed E-state index contributed by atoms with van der Waals surface area (Å²) in [5.41, 5.74) is 6.98. The molecule has 0 radical (unpaired) electrons. The Morgan fingerprint density at radius 2 is 2.00 bits per heavy atom. The molecule has 0 aliphatic rings. The number of nitrogens with two attached hydrogens (primary N) is 1. The monoisotopic (exact) mass is 280 g/mol. The number of unbranched alkanes of at least 4 members (excludes halogenated alkanes) is 2. The van der Waals surface area contributed by atoms with Crippen LogP contribution in [0.3, 0.4) is 0 Å². The molecule has 0 aliphatic carbocycles. The van der Waals surface area contributed by atoms with Gasteiger partial charge in [0.2, 0.25) is 0 Å². The number of nitrogens with one attached hydrogen (secondary N) is 1. The molecule has 0 fully saturated rings. The average Bonchev–Trinajstić information content (AvgIpc) is 2.47. The Balaban J connectivity index is 2.55. The molecule has 1 atom stereocenters. The largest absolute Gasteiger partial charge is 0.496 e. The molecule has 0 heterocycles. The van der Waals surface area contributed by atoms with Gasteiger partial charge in [0, 0.05) is 18.7 Å². The maximum atomic E-state index is 8.77. The molecule has 1 rings (SSSR count). The number of methoxy groups -OCH3 is 1. The fourth-order valence-corrected chi connectivity index (χ4v) is 2.28. The van der Waals surface area contributed by atoms with E-state index in [9.17, 15) is 0 Å². The third-order valence-electron chi connectivity index (χ3n) is 3.61. The first-order valence-electron chi connectivity index (χ1n) is 7.33. The van der Waals surface area contributed by atoms with Crippen LogP contribution in [0, 0.1) is 0 Å². The van der Waals surface area contributed by atoms with Crippen molar-refractivity contribution in [2.45, 2.75) is 38.1 Å². The minimum absolute atomic E-state index is 0.131. The number of aliphatic hydroxyl groups is 1. The van der Waals surface area contributed by atoms with E-state index in [4.69, 9.17) is 15.6 Å². The van der Waals surface area contributed by atoms with E-state index in [2.05, 4.69) is 18.3 Å². The zero-order valence-electron chi connectivity index (χ0n) is 12.7. The maximum Gasteiger partial charge on any atom is 0.122 e. The van der Waals surface area contributed by atoms with Gasteiger partial charge in [-0.05, 0) is 50.8 Å². The number of benzene rings is 1. The van der Waals surface area contributed by atoms with Gasteiger partial charge in [-0.3, -0.25) is 0 Å². The molecule has 1 aromatic carbocycles. The van der Waals surface area contributed by atoms with Gasteiger partial charge in [0.05, 0.1) is 7.11 Å². The van der Waals surface area contributed by atoms with Gasteiger partial charge in [-0.2, -0.15) is 0 Å².